The predicted molar refractivity (Wildman–Crippen MR) is 118 cm³/mol. The molecule has 1 amide bonds. The molecule has 3 aromatic rings. The second kappa shape index (κ2) is 9.82. The number of methoxy groups -OCH3 is 1. The van der Waals surface area contributed by atoms with Crippen LogP contribution in [0, 0.1) is 5.82 Å². The van der Waals surface area contributed by atoms with Gasteiger partial charge in [-0.05, 0) is 42.5 Å². The zero-order chi connectivity index (χ0) is 22.6. The van der Waals surface area contributed by atoms with Gasteiger partial charge in [-0.25, -0.2) is 12.8 Å². The van der Waals surface area contributed by atoms with Crippen molar-refractivity contribution >= 4 is 37.5 Å². The summed E-state index contributed by atoms with van der Waals surface area (Å²) in [6.07, 6.45) is 0. The first kappa shape index (κ1) is 23.3. The zero-order valence-electron chi connectivity index (χ0n) is 17.5. The van der Waals surface area contributed by atoms with Gasteiger partial charge in [0.15, 0.2) is 4.80 Å². The van der Waals surface area contributed by atoms with Gasteiger partial charge in [0.1, 0.15) is 5.82 Å². The summed E-state index contributed by atoms with van der Waals surface area (Å²) in [5.74, 6) is -0.875. The van der Waals surface area contributed by atoms with Crippen LogP contribution < -0.4 is 4.80 Å². The lowest BCUT2D eigenvalue weighted by Crippen LogP contribution is -2.30. The number of nitrogens with zero attached hydrogens (tertiary/aromatic N) is 3. The summed E-state index contributed by atoms with van der Waals surface area (Å²) < 4.78 is 47.8. The van der Waals surface area contributed by atoms with Gasteiger partial charge in [-0.2, -0.15) is 9.30 Å². The molecule has 31 heavy (non-hydrogen) atoms. The third kappa shape index (κ3) is 4.93. The molecule has 0 fully saturated rings. The Morgan fingerprint density at radius 1 is 1.16 bits per heavy atom. The summed E-state index contributed by atoms with van der Waals surface area (Å²) >= 11 is 1.21. The number of rotatable bonds is 8. The van der Waals surface area contributed by atoms with E-state index in [9.17, 15) is 17.6 Å². The minimum Gasteiger partial charge on any atom is -0.383 e. The van der Waals surface area contributed by atoms with Crippen LogP contribution in [0.5, 0.6) is 0 Å². The van der Waals surface area contributed by atoms with E-state index >= 15 is 0 Å². The maximum Gasteiger partial charge on any atom is 0.279 e. The Hall–Kier alpha value is -2.40. The second-order valence-corrected chi connectivity index (χ2v) is 9.62. The lowest BCUT2D eigenvalue weighted by atomic mass is 10.2. The number of carbonyl (C=O) groups excluding carboxylic acids is 1. The molecule has 0 aliphatic carbocycles. The Kier molecular flexibility index (Phi) is 7.37. The van der Waals surface area contributed by atoms with Gasteiger partial charge >= 0.3 is 0 Å². The molecule has 0 bridgehead atoms. The molecule has 0 unspecified atom stereocenters. The third-order valence-electron chi connectivity index (χ3n) is 4.81. The topological polar surface area (TPSA) is 81.0 Å². The SMILES string of the molecule is CCN(CC)S(=O)(=O)c1ccc(C(=O)N=c2sc3cc(F)ccc3n2CCOC)cc1. The molecule has 2 aromatic carbocycles. The normalized spacial score (nSPS) is 12.7. The first-order valence-corrected chi connectivity index (χ1v) is 12.0. The molecule has 0 N–H and O–H groups in total. The molecular formula is C21H24FN3O4S2. The number of ether oxygens (including phenoxy) is 1. The fourth-order valence-corrected chi connectivity index (χ4v) is 5.70. The molecule has 0 radical (unpaired) electrons. The molecule has 0 atom stereocenters. The van der Waals surface area contributed by atoms with Crippen molar-refractivity contribution in [2.75, 3.05) is 26.8 Å². The van der Waals surface area contributed by atoms with Crippen molar-refractivity contribution in [2.45, 2.75) is 25.3 Å². The van der Waals surface area contributed by atoms with Crippen molar-refractivity contribution < 1.29 is 22.3 Å². The Morgan fingerprint density at radius 2 is 1.84 bits per heavy atom. The number of aromatic nitrogens is 1. The molecule has 10 heteroatoms. The van der Waals surface area contributed by atoms with Crippen molar-refractivity contribution in [2.24, 2.45) is 4.99 Å². The Balaban J connectivity index is 1.98. The van der Waals surface area contributed by atoms with E-state index in [1.54, 1.807) is 31.6 Å². The number of sulfonamides is 1. The van der Waals surface area contributed by atoms with E-state index in [1.165, 1.54) is 52.0 Å². The smallest absolute Gasteiger partial charge is 0.279 e. The highest BCUT2D eigenvalue weighted by atomic mass is 32.2. The number of thiazole rings is 1. The maximum atomic E-state index is 13.6. The van der Waals surface area contributed by atoms with Crippen LogP contribution in [-0.2, 0) is 21.3 Å². The quantitative estimate of drug-likeness (QED) is 0.511. The van der Waals surface area contributed by atoms with Crippen LogP contribution in [-0.4, -0.2) is 50.0 Å². The molecule has 0 aliphatic heterocycles. The zero-order valence-corrected chi connectivity index (χ0v) is 19.2. The van der Waals surface area contributed by atoms with Crippen LogP contribution in [0.1, 0.15) is 24.2 Å². The average molecular weight is 466 g/mol. The van der Waals surface area contributed by atoms with Gasteiger partial charge in [0.05, 0.1) is 21.7 Å². The van der Waals surface area contributed by atoms with Crippen molar-refractivity contribution in [3.63, 3.8) is 0 Å². The summed E-state index contributed by atoms with van der Waals surface area (Å²) in [6.45, 7) is 5.13. The lowest BCUT2D eigenvalue weighted by molar-refractivity contribution is 0.0997. The van der Waals surface area contributed by atoms with E-state index in [-0.39, 0.29) is 16.3 Å². The third-order valence-corrected chi connectivity index (χ3v) is 7.91. The van der Waals surface area contributed by atoms with E-state index in [0.29, 0.717) is 35.7 Å². The van der Waals surface area contributed by atoms with E-state index in [4.69, 9.17) is 4.74 Å². The summed E-state index contributed by atoms with van der Waals surface area (Å²) in [4.78, 5) is 17.5. The van der Waals surface area contributed by atoms with Gasteiger partial charge < -0.3 is 9.30 Å². The Morgan fingerprint density at radius 3 is 2.45 bits per heavy atom. The van der Waals surface area contributed by atoms with Gasteiger partial charge in [-0.15, -0.1) is 0 Å². The molecular weight excluding hydrogens is 441 g/mol. The van der Waals surface area contributed by atoms with Gasteiger partial charge in [-0.3, -0.25) is 4.79 Å². The number of halogens is 1. The van der Waals surface area contributed by atoms with E-state index in [1.807, 2.05) is 0 Å². The number of hydrogen-bond donors (Lipinski definition) is 0. The maximum absolute atomic E-state index is 13.6. The van der Waals surface area contributed by atoms with Crippen LogP contribution in [0.3, 0.4) is 0 Å². The van der Waals surface area contributed by atoms with Crippen LogP contribution in [0.25, 0.3) is 10.2 Å². The number of carbonyl (C=O) groups is 1. The summed E-state index contributed by atoms with van der Waals surface area (Å²) in [5.41, 5.74) is 1.02. The van der Waals surface area contributed by atoms with Crippen LogP contribution in [0.4, 0.5) is 4.39 Å². The van der Waals surface area contributed by atoms with Gasteiger partial charge in [-0.1, -0.05) is 25.2 Å². The monoisotopic (exact) mass is 465 g/mol. The molecule has 166 valence electrons. The Bertz CT molecular complexity index is 1240. The minimum absolute atomic E-state index is 0.125. The summed E-state index contributed by atoms with van der Waals surface area (Å²) in [7, 11) is -2.03. The van der Waals surface area contributed by atoms with Crippen LogP contribution >= 0.6 is 11.3 Å². The van der Waals surface area contributed by atoms with Crippen molar-refractivity contribution in [1.29, 1.82) is 0 Å². The van der Waals surface area contributed by atoms with E-state index in [2.05, 4.69) is 4.99 Å². The first-order chi connectivity index (χ1) is 14.8. The van der Waals surface area contributed by atoms with Crippen molar-refractivity contribution in [1.82, 2.24) is 8.87 Å². The molecule has 0 spiro atoms. The van der Waals surface area contributed by atoms with Gasteiger partial charge in [0, 0.05) is 32.3 Å². The number of benzene rings is 2. The molecule has 7 nitrogen and oxygen atoms in total. The summed E-state index contributed by atoms with van der Waals surface area (Å²) in [6, 6.07) is 10.1. The standard InChI is InChI=1S/C21H24FN3O4S2/c1-4-24(5-2)31(27,28)17-9-6-15(7-10-17)20(26)23-21-25(12-13-29-3)18-11-8-16(22)14-19(18)30-21/h6-11,14H,4-5,12-13H2,1-3H3. The molecule has 1 aromatic heterocycles. The van der Waals surface area contributed by atoms with Crippen LogP contribution in [0.2, 0.25) is 0 Å². The Labute approximate surface area is 184 Å². The number of hydrogen-bond acceptors (Lipinski definition) is 5. The molecule has 0 saturated heterocycles. The molecule has 0 aliphatic rings. The van der Waals surface area contributed by atoms with Gasteiger partial charge in [0.25, 0.3) is 5.91 Å². The first-order valence-electron chi connectivity index (χ1n) is 9.79. The summed E-state index contributed by atoms with van der Waals surface area (Å²) in [5, 5.41) is 0. The molecule has 0 saturated carbocycles. The minimum atomic E-state index is -3.60. The average Bonchev–Trinajstić information content (AvgIpc) is 3.08. The van der Waals surface area contributed by atoms with Gasteiger partial charge in [0.2, 0.25) is 10.0 Å². The fourth-order valence-electron chi connectivity index (χ4n) is 3.16. The lowest BCUT2D eigenvalue weighted by Gasteiger charge is -2.18. The highest BCUT2D eigenvalue weighted by molar-refractivity contribution is 7.89. The predicted octanol–water partition coefficient (Wildman–Crippen LogP) is 3.26. The second-order valence-electron chi connectivity index (χ2n) is 6.67. The van der Waals surface area contributed by atoms with Crippen LogP contribution in [0.15, 0.2) is 52.4 Å². The fraction of sp³-hybridized carbons (Fsp3) is 0.333. The van der Waals surface area contributed by atoms with Crippen molar-refractivity contribution in [3.8, 4) is 0 Å². The molecule has 3 rings (SSSR count). The number of fused-ring (bicyclic) bond motifs is 1. The largest absolute Gasteiger partial charge is 0.383 e. The number of amides is 1. The highest BCUT2D eigenvalue weighted by Gasteiger charge is 2.21. The van der Waals surface area contributed by atoms with Crippen molar-refractivity contribution in [3.05, 3.63) is 58.6 Å². The molecule has 1 heterocycles. The van der Waals surface area contributed by atoms with E-state index in [0.717, 1.165) is 5.52 Å². The highest BCUT2D eigenvalue weighted by Crippen LogP contribution is 2.20. The van der Waals surface area contributed by atoms with E-state index < -0.39 is 15.9 Å².